The molecule has 1 heterocycles. The van der Waals surface area contributed by atoms with Crippen molar-refractivity contribution in [3.63, 3.8) is 0 Å². The molecule has 210 valence electrons. The number of nitrogens with two attached hydrogens (primary N) is 3. The molecule has 0 radical (unpaired) electrons. The maximum absolute atomic E-state index is 12.1. The molecule has 0 aliphatic rings. The summed E-state index contributed by atoms with van der Waals surface area (Å²) in [6, 6.07) is 13.6. The normalized spacial score (nSPS) is 10.5. The first-order valence-electron chi connectivity index (χ1n) is 9.92. The molecule has 0 spiro atoms. The van der Waals surface area contributed by atoms with Crippen LogP contribution in [0.4, 0.5) is 0 Å². The van der Waals surface area contributed by atoms with E-state index in [0.717, 1.165) is 0 Å². The Morgan fingerprint density at radius 3 is 2.08 bits per heavy atom. The maximum Gasteiger partial charge on any atom is 0.251 e. The predicted molar refractivity (Wildman–Crippen MR) is 160 cm³/mol. The highest BCUT2D eigenvalue weighted by Gasteiger charge is 2.23. The number of hydrogen-bond donors (Lipinski definition) is 5. The smallest absolute Gasteiger partial charge is 0.251 e. The third-order valence-electron chi connectivity index (χ3n) is 4.45. The van der Waals surface area contributed by atoms with Crippen molar-refractivity contribution < 1.29 is 33.3 Å². The monoisotopic (exact) mass is 605 g/mol. The standard InChI is InChI=1S/C21H20ClNO4S.2CH3NOS.CH4.H2O/c1-4-13(2)19-12-16(15-7-5-6-8-20(15)28(23,24)25)21(27-19)14-9-10-18(26-3)17(22)11-14;2*2-1(3)4;;/h4-13H,1H2,2-3H3,(H2,23,24,25);2*(H3,2,3,4);1H4;1H2. The molecule has 14 heteroatoms. The number of primary sulfonamides is 1. The molecule has 0 saturated heterocycles. The van der Waals surface area contributed by atoms with Crippen LogP contribution in [0.25, 0.3) is 22.5 Å². The van der Waals surface area contributed by atoms with Gasteiger partial charge in [0.25, 0.3) is 10.3 Å². The highest BCUT2D eigenvalue weighted by atomic mass is 35.5. The highest BCUT2D eigenvalue weighted by molar-refractivity contribution is 7.89. The zero-order valence-electron chi connectivity index (χ0n) is 19.8. The van der Waals surface area contributed by atoms with E-state index in [9.17, 15) is 8.42 Å². The first-order chi connectivity index (χ1) is 16.7. The Hall–Kier alpha value is -3.20. The van der Waals surface area contributed by atoms with Gasteiger partial charge in [0.1, 0.15) is 17.3 Å². The lowest BCUT2D eigenvalue weighted by molar-refractivity contribution is 0.415. The van der Waals surface area contributed by atoms with Crippen LogP contribution in [-0.4, -0.2) is 41.6 Å². The molecule has 3 aromatic rings. The molecule has 1 atom stereocenters. The van der Waals surface area contributed by atoms with Crippen LogP contribution in [0.1, 0.15) is 26.0 Å². The quantitative estimate of drug-likeness (QED) is 0.195. The van der Waals surface area contributed by atoms with Crippen LogP contribution in [0.15, 0.2) is 70.5 Å². The van der Waals surface area contributed by atoms with Crippen LogP contribution in [0.2, 0.25) is 5.02 Å². The fraction of sp³-hybridized carbons (Fsp3) is 0.167. The van der Waals surface area contributed by atoms with Crippen molar-refractivity contribution in [2.75, 3.05) is 7.11 Å². The molecule has 0 aliphatic carbocycles. The summed E-state index contributed by atoms with van der Waals surface area (Å²) in [5.41, 5.74) is 10.5. The van der Waals surface area contributed by atoms with Gasteiger partial charge >= 0.3 is 0 Å². The van der Waals surface area contributed by atoms with E-state index in [4.69, 9.17) is 36.1 Å². The van der Waals surface area contributed by atoms with Crippen LogP contribution < -0.4 is 21.3 Å². The minimum Gasteiger partial charge on any atom is -0.495 e. The summed E-state index contributed by atoms with van der Waals surface area (Å²) < 4.78 is 35.5. The zero-order chi connectivity index (χ0) is 27.6. The van der Waals surface area contributed by atoms with E-state index >= 15 is 0 Å². The Labute approximate surface area is 238 Å². The number of aliphatic hydroxyl groups excluding tert-OH is 2. The number of hydrogen-bond acceptors (Lipinski definition) is 6. The molecule has 10 nitrogen and oxygen atoms in total. The predicted octanol–water partition coefficient (Wildman–Crippen LogP) is 4.60. The lowest BCUT2D eigenvalue weighted by Gasteiger charge is -2.09. The average molecular weight is 606 g/mol. The Balaban J connectivity index is 0. The molecule has 0 bridgehead atoms. The van der Waals surface area contributed by atoms with Gasteiger partial charge in [-0.25, -0.2) is 13.6 Å². The van der Waals surface area contributed by atoms with Gasteiger partial charge in [0.05, 0.1) is 17.0 Å². The van der Waals surface area contributed by atoms with Crippen molar-refractivity contribution in [2.24, 2.45) is 16.6 Å². The van der Waals surface area contributed by atoms with Crippen molar-refractivity contribution >= 4 is 56.4 Å². The molecular formula is C24H32ClN3O7S3. The summed E-state index contributed by atoms with van der Waals surface area (Å²) in [6.07, 6.45) is 1.75. The number of sulfonamides is 1. The summed E-state index contributed by atoms with van der Waals surface area (Å²) in [5, 5.41) is 20.0. The second kappa shape index (κ2) is 16.6. The van der Waals surface area contributed by atoms with Gasteiger partial charge in [0.2, 0.25) is 10.0 Å². The second-order valence-corrected chi connectivity index (χ2v) is 9.76. The van der Waals surface area contributed by atoms with Gasteiger partial charge in [-0.2, -0.15) is 0 Å². The minimum atomic E-state index is -3.92. The topological polar surface area (TPSA) is 207 Å². The van der Waals surface area contributed by atoms with Gasteiger partial charge in [0.15, 0.2) is 0 Å². The molecule has 10 N–H and O–H groups in total. The Morgan fingerprint density at radius 2 is 1.63 bits per heavy atom. The average Bonchev–Trinajstić information content (AvgIpc) is 3.22. The van der Waals surface area contributed by atoms with Gasteiger partial charge in [0, 0.05) is 22.6 Å². The fourth-order valence-corrected chi connectivity index (χ4v) is 3.92. The van der Waals surface area contributed by atoms with Gasteiger partial charge < -0.3 is 36.3 Å². The lowest BCUT2D eigenvalue weighted by atomic mass is 10.0. The van der Waals surface area contributed by atoms with E-state index in [1.807, 2.05) is 13.0 Å². The second-order valence-electron chi connectivity index (χ2n) is 6.98. The maximum atomic E-state index is 12.1. The fourth-order valence-electron chi connectivity index (χ4n) is 2.91. The SMILES string of the molecule is C.C=CC(C)c1cc(-c2ccccc2S(N)(=O)=O)c(-c2ccc(OC)c(Cl)c2)o1.NC(O)=S.NC(O)=S.O. The Morgan fingerprint density at radius 1 is 1.11 bits per heavy atom. The molecular weight excluding hydrogens is 574 g/mol. The van der Waals surface area contributed by atoms with Gasteiger partial charge in [-0.15, -0.1) is 6.58 Å². The van der Waals surface area contributed by atoms with E-state index < -0.39 is 20.4 Å². The summed E-state index contributed by atoms with van der Waals surface area (Å²) in [7, 11) is -2.39. The summed E-state index contributed by atoms with van der Waals surface area (Å²) >= 11 is 14.0. The molecule has 1 unspecified atom stereocenters. The van der Waals surface area contributed by atoms with Gasteiger partial charge in [-0.05, 0) is 54.8 Å². The van der Waals surface area contributed by atoms with Gasteiger partial charge in [-0.1, -0.05) is 50.2 Å². The van der Waals surface area contributed by atoms with Crippen molar-refractivity contribution in [3.05, 3.63) is 72.0 Å². The molecule has 3 rings (SSSR count). The van der Waals surface area contributed by atoms with Crippen LogP contribution in [0.5, 0.6) is 5.75 Å². The largest absolute Gasteiger partial charge is 0.495 e. The third kappa shape index (κ3) is 11.0. The van der Waals surface area contributed by atoms with Crippen molar-refractivity contribution in [2.45, 2.75) is 25.2 Å². The van der Waals surface area contributed by atoms with Crippen LogP contribution in [0.3, 0.4) is 0 Å². The molecule has 0 fully saturated rings. The van der Waals surface area contributed by atoms with Gasteiger partial charge in [-0.3, -0.25) is 0 Å². The molecule has 38 heavy (non-hydrogen) atoms. The number of benzene rings is 2. The number of methoxy groups -OCH3 is 1. The Bertz CT molecular complexity index is 1330. The molecule has 1 aromatic heterocycles. The summed E-state index contributed by atoms with van der Waals surface area (Å²) in [4.78, 5) is 0.0227. The molecule has 0 saturated carbocycles. The minimum absolute atomic E-state index is 0. The van der Waals surface area contributed by atoms with Crippen LogP contribution >= 0.6 is 36.0 Å². The summed E-state index contributed by atoms with van der Waals surface area (Å²) in [6.45, 7) is 5.74. The van der Waals surface area contributed by atoms with E-state index in [0.29, 0.717) is 39.0 Å². The lowest BCUT2D eigenvalue weighted by Crippen LogP contribution is -2.13. The van der Waals surface area contributed by atoms with E-state index in [1.54, 1.807) is 42.5 Å². The number of halogens is 1. The van der Waals surface area contributed by atoms with Crippen LogP contribution in [-0.2, 0) is 10.0 Å². The third-order valence-corrected chi connectivity index (χ3v) is 5.72. The van der Waals surface area contributed by atoms with Crippen molar-refractivity contribution in [1.29, 1.82) is 0 Å². The highest BCUT2D eigenvalue weighted by Crippen LogP contribution is 2.41. The van der Waals surface area contributed by atoms with Crippen LogP contribution in [0, 0.1) is 0 Å². The van der Waals surface area contributed by atoms with Crippen molar-refractivity contribution in [1.82, 2.24) is 0 Å². The number of furan rings is 1. The van der Waals surface area contributed by atoms with Crippen molar-refractivity contribution in [3.8, 4) is 28.2 Å². The number of rotatable bonds is 6. The molecule has 2 aromatic carbocycles. The number of thiocarbonyl (C=S) groups is 2. The summed E-state index contributed by atoms with van der Waals surface area (Å²) in [5.74, 6) is 1.60. The van der Waals surface area contributed by atoms with E-state index in [-0.39, 0.29) is 23.7 Å². The number of ether oxygens (including phenoxy) is 1. The number of allylic oxidation sites excluding steroid dienone is 1. The number of aliphatic hydroxyl groups is 2. The first kappa shape index (κ1) is 37.0. The molecule has 0 aliphatic heterocycles. The van der Waals surface area contributed by atoms with E-state index in [1.165, 1.54) is 13.2 Å². The first-order valence-corrected chi connectivity index (χ1v) is 12.7. The zero-order valence-corrected chi connectivity index (χ0v) is 23.0. The molecule has 0 amide bonds. The Kier molecular flexibility index (Phi) is 16.1. The van der Waals surface area contributed by atoms with E-state index in [2.05, 4.69) is 42.5 Å².